The first-order valence-corrected chi connectivity index (χ1v) is 9.14. The van der Waals surface area contributed by atoms with Crippen LogP contribution in [0.4, 0.5) is 11.4 Å². The first-order valence-electron chi connectivity index (χ1n) is 8.38. The Kier molecular flexibility index (Phi) is 6.25. The van der Waals surface area contributed by atoms with E-state index in [2.05, 4.69) is 10.2 Å². The summed E-state index contributed by atoms with van der Waals surface area (Å²) in [4.78, 5) is 14.6. The van der Waals surface area contributed by atoms with E-state index in [-0.39, 0.29) is 5.91 Å². The second-order valence-electron chi connectivity index (χ2n) is 5.97. The van der Waals surface area contributed by atoms with E-state index < -0.39 is 6.10 Å². The molecule has 0 saturated carbocycles. The van der Waals surface area contributed by atoms with Gasteiger partial charge in [-0.3, -0.25) is 4.79 Å². The lowest BCUT2D eigenvalue weighted by atomic mass is 10.2. The maximum absolute atomic E-state index is 12.3. The third-order valence-corrected chi connectivity index (χ3v) is 4.61. The van der Waals surface area contributed by atoms with Crippen molar-refractivity contribution in [2.45, 2.75) is 13.0 Å². The Morgan fingerprint density at radius 1 is 1.15 bits per heavy atom. The molecule has 1 heterocycles. The molecule has 0 bridgehead atoms. The summed E-state index contributed by atoms with van der Waals surface area (Å²) in [6.45, 7) is 4.89. The average molecular weight is 395 g/mol. The Balaban J connectivity index is 1.58. The number of rotatable bonds is 5. The standard InChI is InChI=1S/C19H20Cl2N2O3/c1-13(26-18-7-2-14(20)12-17(18)21)19(24)22-15-3-5-16(6-4-15)23-8-10-25-11-9-23/h2-7,12-13H,8-11H2,1H3,(H,22,24)/t13-/m1/s1. The van der Waals surface area contributed by atoms with Crippen molar-refractivity contribution in [3.8, 4) is 5.75 Å². The Bertz CT molecular complexity index is 762. The molecular weight excluding hydrogens is 375 g/mol. The largest absolute Gasteiger partial charge is 0.479 e. The van der Waals surface area contributed by atoms with Crippen molar-refractivity contribution in [1.82, 2.24) is 0 Å². The van der Waals surface area contributed by atoms with Gasteiger partial charge in [0.15, 0.2) is 6.10 Å². The summed E-state index contributed by atoms with van der Waals surface area (Å²) >= 11 is 11.9. The molecule has 0 unspecified atom stereocenters. The molecule has 1 aliphatic rings. The fraction of sp³-hybridized carbons (Fsp3) is 0.316. The molecule has 0 aliphatic carbocycles. The van der Waals surface area contributed by atoms with Gasteiger partial charge in [0, 0.05) is 29.5 Å². The van der Waals surface area contributed by atoms with Gasteiger partial charge < -0.3 is 19.7 Å². The molecule has 2 aromatic carbocycles. The van der Waals surface area contributed by atoms with Crippen LogP contribution in [0.5, 0.6) is 5.75 Å². The summed E-state index contributed by atoms with van der Waals surface area (Å²) in [5.41, 5.74) is 1.83. The van der Waals surface area contributed by atoms with Crippen molar-refractivity contribution in [1.29, 1.82) is 0 Å². The van der Waals surface area contributed by atoms with E-state index in [1.807, 2.05) is 24.3 Å². The summed E-state index contributed by atoms with van der Waals surface area (Å²) in [5, 5.41) is 3.73. The lowest BCUT2D eigenvalue weighted by Gasteiger charge is -2.29. The van der Waals surface area contributed by atoms with Crippen molar-refractivity contribution in [3.05, 3.63) is 52.5 Å². The van der Waals surface area contributed by atoms with Crippen LogP contribution in [-0.2, 0) is 9.53 Å². The molecule has 0 radical (unpaired) electrons. The molecule has 0 aromatic heterocycles. The number of carbonyl (C=O) groups excluding carboxylic acids is 1. The zero-order valence-electron chi connectivity index (χ0n) is 14.4. The highest BCUT2D eigenvalue weighted by molar-refractivity contribution is 6.35. The predicted octanol–water partition coefficient (Wildman–Crippen LogP) is 4.24. The highest BCUT2D eigenvalue weighted by Crippen LogP contribution is 2.28. The Hall–Kier alpha value is -1.95. The molecule has 2 aromatic rings. The van der Waals surface area contributed by atoms with Gasteiger partial charge in [0.05, 0.1) is 18.2 Å². The van der Waals surface area contributed by atoms with E-state index >= 15 is 0 Å². The molecule has 1 atom stereocenters. The van der Waals surface area contributed by atoms with Crippen molar-refractivity contribution < 1.29 is 14.3 Å². The van der Waals surface area contributed by atoms with Crippen LogP contribution in [0.2, 0.25) is 10.0 Å². The van der Waals surface area contributed by atoms with Gasteiger partial charge in [0.25, 0.3) is 5.91 Å². The number of nitrogens with zero attached hydrogens (tertiary/aromatic N) is 1. The number of morpholine rings is 1. The van der Waals surface area contributed by atoms with Crippen LogP contribution in [0.15, 0.2) is 42.5 Å². The Morgan fingerprint density at radius 3 is 2.50 bits per heavy atom. The summed E-state index contributed by atoms with van der Waals surface area (Å²) in [6, 6.07) is 12.6. The minimum Gasteiger partial charge on any atom is -0.479 e. The maximum atomic E-state index is 12.3. The van der Waals surface area contributed by atoms with Crippen molar-refractivity contribution in [2.75, 3.05) is 36.5 Å². The number of amides is 1. The van der Waals surface area contributed by atoms with Crippen LogP contribution < -0.4 is 15.0 Å². The average Bonchev–Trinajstić information content (AvgIpc) is 2.65. The molecule has 1 aliphatic heterocycles. The lowest BCUT2D eigenvalue weighted by molar-refractivity contribution is -0.122. The molecule has 1 N–H and O–H groups in total. The number of halogens is 2. The van der Waals surface area contributed by atoms with Gasteiger partial charge in [-0.15, -0.1) is 0 Å². The fourth-order valence-corrected chi connectivity index (χ4v) is 3.09. The van der Waals surface area contributed by atoms with Gasteiger partial charge >= 0.3 is 0 Å². The summed E-state index contributed by atoms with van der Waals surface area (Å²) < 4.78 is 11.0. The van der Waals surface area contributed by atoms with E-state index in [0.29, 0.717) is 21.5 Å². The number of benzene rings is 2. The Labute approximate surface area is 162 Å². The van der Waals surface area contributed by atoms with Crippen LogP contribution >= 0.6 is 23.2 Å². The van der Waals surface area contributed by atoms with Crippen molar-refractivity contribution in [2.24, 2.45) is 0 Å². The minimum absolute atomic E-state index is 0.255. The predicted molar refractivity (Wildman–Crippen MR) is 105 cm³/mol. The van der Waals surface area contributed by atoms with Crippen LogP contribution in [0.25, 0.3) is 0 Å². The highest BCUT2D eigenvalue weighted by atomic mass is 35.5. The van der Waals surface area contributed by atoms with E-state index in [1.165, 1.54) is 0 Å². The third-order valence-electron chi connectivity index (χ3n) is 4.08. The number of carbonyl (C=O) groups is 1. The second kappa shape index (κ2) is 8.62. The van der Waals surface area contributed by atoms with Gasteiger partial charge in [-0.2, -0.15) is 0 Å². The van der Waals surface area contributed by atoms with E-state index in [4.69, 9.17) is 32.7 Å². The molecule has 7 heteroatoms. The molecule has 138 valence electrons. The normalized spacial score (nSPS) is 15.4. The molecule has 1 amide bonds. The van der Waals surface area contributed by atoms with Crippen molar-refractivity contribution in [3.63, 3.8) is 0 Å². The van der Waals surface area contributed by atoms with E-state index in [0.717, 1.165) is 32.0 Å². The van der Waals surface area contributed by atoms with Gasteiger partial charge in [0.2, 0.25) is 0 Å². The van der Waals surface area contributed by atoms with E-state index in [9.17, 15) is 4.79 Å². The Morgan fingerprint density at radius 2 is 1.85 bits per heavy atom. The smallest absolute Gasteiger partial charge is 0.265 e. The SMILES string of the molecule is C[C@@H](Oc1ccc(Cl)cc1Cl)C(=O)Nc1ccc(N2CCOCC2)cc1. The first kappa shape index (κ1) is 18.8. The lowest BCUT2D eigenvalue weighted by Crippen LogP contribution is -2.36. The van der Waals surface area contributed by atoms with Crippen LogP contribution in [0.1, 0.15) is 6.92 Å². The molecule has 0 spiro atoms. The maximum Gasteiger partial charge on any atom is 0.265 e. The van der Waals surface area contributed by atoms with Gasteiger partial charge in [-0.05, 0) is 49.4 Å². The number of ether oxygens (including phenoxy) is 2. The topological polar surface area (TPSA) is 50.8 Å². The molecule has 3 rings (SSSR count). The monoisotopic (exact) mass is 394 g/mol. The summed E-state index contributed by atoms with van der Waals surface area (Å²) in [7, 11) is 0. The summed E-state index contributed by atoms with van der Waals surface area (Å²) in [6.07, 6.45) is -0.701. The van der Waals surface area contributed by atoms with E-state index in [1.54, 1.807) is 25.1 Å². The number of nitrogens with one attached hydrogen (secondary N) is 1. The van der Waals surface area contributed by atoms with Crippen LogP contribution in [0, 0.1) is 0 Å². The zero-order valence-corrected chi connectivity index (χ0v) is 15.9. The number of hydrogen-bond donors (Lipinski definition) is 1. The highest BCUT2D eigenvalue weighted by Gasteiger charge is 2.17. The molecule has 1 fully saturated rings. The van der Waals surface area contributed by atoms with Gasteiger partial charge in [0.1, 0.15) is 5.75 Å². The quantitative estimate of drug-likeness (QED) is 0.823. The van der Waals surface area contributed by atoms with Crippen LogP contribution in [0.3, 0.4) is 0 Å². The van der Waals surface area contributed by atoms with Crippen molar-refractivity contribution >= 4 is 40.5 Å². The van der Waals surface area contributed by atoms with Crippen LogP contribution in [-0.4, -0.2) is 38.3 Å². The number of anilines is 2. The zero-order chi connectivity index (χ0) is 18.5. The minimum atomic E-state index is -0.701. The first-order chi connectivity index (χ1) is 12.5. The fourth-order valence-electron chi connectivity index (χ4n) is 2.64. The molecule has 1 saturated heterocycles. The third kappa shape index (κ3) is 4.81. The molecule has 26 heavy (non-hydrogen) atoms. The van der Waals surface area contributed by atoms with Gasteiger partial charge in [-0.1, -0.05) is 23.2 Å². The molecular formula is C19H20Cl2N2O3. The second-order valence-corrected chi connectivity index (χ2v) is 6.81. The number of hydrogen-bond acceptors (Lipinski definition) is 4. The van der Waals surface area contributed by atoms with Gasteiger partial charge in [-0.25, -0.2) is 0 Å². The summed E-state index contributed by atoms with van der Waals surface area (Å²) in [5.74, 6) is 0.163. The molecule has 5 nitrogen and oxygen atoms in total.